The molecule has 126 valence electrons. The Balaban J connectivity index is 2.48. The van der Waals surface area contributed by atoms with Crippen molar-refractivity contribution in [2.24, 2.45) is 5.92 Å². The summed E-state index contributed by atoms with van der Waals surface area (Å²) in [7, 11) is 1.50. The number of carbonyl (C=O) groups excluding carboxylic acids is 2. The molecule has 1 rings (SSSR count). The molecule has 7 nitrogen and oxygen atoms in total. The van der Waals surface area contributed by atoms with E-state index in [1.165, 1.54) is 18.9 Å². The van der Waals surface area contributed by atoms with Crippen molar-refractivity contribution >= 4 is 17.8 Å². The third-order valence-electron chi connectivity index (χ3n) is 3.22. The fourth-order valence-electron chi connectivity index (χ4n) is 1.85. The summed E-state index contributed by atoms with van der Waals surface area (Å²) in [5.41, 5.74) is 0.419. The van der Waals surface area contributed by atoms with Crippen LogP contribution in [0.4, 0.5) is 0 Å². The van der Waals surface area contributed by atoms with Crippen LogP contribution in [-0.2, 0) is 9.59 Å². The Labute approximate surface area is 135 Å². The summed E-state index contributed by atoms with van der Waals surface area (Å²) in [6.07, 6.45) is 0. The maximum atomic E-state index is 12.0. The molecule has 7 heteroatoms. The van der Waals surface area contributed by atoms with Crippen LogP contribution >= 0.6 is 0 Å². The van der Waals surface area contributed by atoms with E-state index in [-0.39, 0.29) is 24.9 Å². The Morgan fingerprint density at radius 2 is 1.87 bits per heavy atom. The number of likely N-dealkylation sites (N-methyl/N-ethyl adjacent to an activating group) is 1. The van der Waals surface area contributed by atoms with Crippen molar-refractivity contribution in [1.82, 2.24) is 10.2 Å². The number of nitrogens with zero attached hydrogens (tertiary/aromatic N) is 1. The summed E-state index contributed by atoms with van der Waals surface area (Å²) in [6, 6.07) is 6.59. The maximum Gasteiger partial charge on any atom is 0.308 e. The Bertz CT molecular complexity index is 556. The molecule has 0 saturated carbocycles. The predicted molar refractivity (Wildman–Crippen MR) is 84.4 cm³/mol. The second-order valence-electron chi connectivity index (χ2n) is 5.15. The number of hydrogen-bond donors (Lipinski definition) is 2. The van der Waals surface area contributed by atoms with Crippen molar-refractivity contribution in [1.29, 1.82) is 0 Å². The van der Waals surface area contributed by atoms with Crippen molar-refractivity contribution in [2.45, 2.75) is 13.8 Å². The summed E-state index contributed by atoms with van der Waals surface area (Å²) in [5, 5.41) is 11.3. The van der Waals surface area contributed by atoms with Crippen LogP contribution in [0.1, 0.15) is 24.2 Å². The molecule has 23 heavy (non-hydrogen) atoms. The van der Waals surface area contributed by atoms with Crippen LogP contribution in [0.2, 0.25) is 0 Å². The highest BCUT2D eigenvalue weighted by atomic mass is 16.5. The van der Waals surface area contributed by atoms with Crippen molar-refractivity contribution in [3.05, 3.63) is 29.8 Å². The fraction of sp³-hybridized carbons (Fsp3) is 0.438. The lowest BCUT2D eigenvalue weighted by Gasteiger charge is -2.19. The average Bonchev–Trinajstić information content (AvgIpc) is 2.53. The van der Waals surface area contributed by atoms with Crippen LogP contribution in [0.5, 0.6) is 5.75 Å². The third kappa shape index (κ3) is 5.98. The van der Waals surface area contributed by atoms with E-state index >= 15 is 0 Å². The molecule has 0 aromatic heterocycles. The molecular weight excluding hydrogens is 300 g/mol. The van der Waals surface area contributed by atoms with E-state index in [0.29, 0.717) is 17.9 Å². The number of amides is 2. The lowest BCUT2D eigenvalue weighted by atomic mass is 10.2. The number of aliphatic carboxylic acids is 1. The minimum absolute atomic E-state index is 0.0904. The van der Waals surface area contributed by atoms with Gasteiger partial charge in [0.1, 0.15) is 5.75 Å². The fourth-order valence-corrected chi connectivity index (χ4v) is 1.85. The first-order valence-electron chi connectivity index (χ1n) is 7.33. The molecule has 2 amide bonds. The van der Waals surface area contributed by atoms with Gasteiger partial charge in [0.25, 0.3) is 5.91 Å². The molecule has 0 bridgehead atoms. The van der Waals surface area contributed by atoms with E-state index in [4.69, 9.17) is 9.84 Å². The number of hydrogen-bond acceptors (Lipinski definition) is 4. The lowest BCUT2D eigenvalue weighted by molar-refractivity contribution is -0.142. The number of carboxylic acid groups (broad SMARTS) is 1. The van der Waals surface area contributed by atoms with Gasteiger partial charge in [-0.2, -0.15) is 0 Å². The summed E-state index contributed by atoms with van der Waals surface area (Å²) >= 11 is 0. The molecule has 0 aliphatic heterocycles. The maximum absolute atomic E-state index is 12.0. The number of benzene rings is 1. The predicted octanol–water partition coefficient (Wildman–Crippen LogP) is 0.994. The highest BCUT2D eigenvalue weighted by Gasteiger charge is 2.18. The van der Waals surface area contributed by atoms with Gasteiger partial charge in [-0.15, -0.1) is 0 Å². The summed E-state index contributed by atoms with van der Waals surface area (Å²) in [4.78, 5) is 35.9. The standard InChI is InChI=1S/C16H22N2O5/c1-4-23-13-7-5-12(6-8-13)15(20)17-9-14(19)18(3)10-11(2)16(21)22/h5-8,11H,4,9-10H2,1-3H3,(H,17,20)(H,21,22). The summed E-state index contributed by atoms with van der Waals surface area (Å²) in [5.74, 6) is -1.69. The van der Waals surface area contributed by atoms with Gasteiger partial charge in [0.2, 0.25) is 5.91 Å². The van der Waals surface area contributed by atoms with E-state index < -0.39 is 11.9 Å². The first-order chi connectivity index (χ1) is 10.8. The Morgan fingerprint density at radius 3 is 2.39 bits per heavy atom. The highest BCUT2D eigenvalue weighted by Crippen LogP contribution is 2.11. The van der Waals surface area contributed by atoms with Crippen molar-refractivity contribution < 1.29 is 24.2 Å². The molecular formula is C16H22N2O5. The van der Waals surface area contributed by atoms with Crippen LogP contribution in [0.25, 0.3) is 0 Å². The zero-order valence-electron chi connectivity index (χ0n) is 13.5. The van der Waals surface area contributed by atoms with Gasteiger partial charge in [-0.05, 0) is 31.2 Å². The highest BCUT2D eigenvalue weighted by molar-refractivity contribution is 5.96. The van der Waals surface area contributed by atoms with Gasteiger partial charge in [-0.1, -0.05) is 6.92 Å². The van der Waals surface area contributed by atoms with E-state index in [0.717, 1.165) is 0 Å². The largest absolute Gasteiger partial charge is 0.494 e. The van der Waals surface area contributed by atoms with Crippen LogP contribution in [0.15, 0.2) is 24.3 Å². The molecule has 0 radical (unpaired) electrons. The smallest absolute Gasteiger partial charge is 0.308 e. The van der Waals surface area contributed by atoms with E-state index in [2.05, 4.69) is 5.32 Å². The Morgan fingerprint density at radius 1 is 1.26 bits per heavy atom. The van der Waals surface area contributed by atoms with Crippen LogP contribution in [0.3, 0.4) is 0 Å². The molecule has 2 N–H and O–H groups in total. The second kappa shape index (κ2) is 8.77. The SMILES string of the molecule is CCOc1ccc(C(=O)NCC(=O)N(C)CC(C)C(=O)O)cc1. The molecule has 0 aliphatic carbocycles. The Kier molecular flexibility index (Phi) is 7.05. The topological polar surface area (TPSA) is 95.9 Å². The number of ether oxygens (including phenoxy) is 1. The van der Waals surface area contributed by atoms with Gasteiger partial charge < -0.3 is 20.1 Å². The quantitative estimate of drug-likeness (QED) is 0.744. The van der Waals surface area contributed by atoms with Gasteiger partial charge >= 0.3 is 5.97 Å². The normalized spacial score (nSPS) is 11.4. The molecule has 0 saturated heterocycles. The second-order valence-corrected chi connectivity index (χ2v) is 5.15. The molecule has 0 aliphatic rings. The van der Waals surface area contributed by atoms with E-state index in [9.17, 15) is 14.4 Å². The van der Waals surface area contributed by atoms with Gasteiger partial charge in [0, 0.05) is 19.2 Å². The average molecular weight is 322 g/mol. The van der Waals surface area contributed by atoms with Crippen LogP contribution in [-0.4, -0.2) is 54.5 Å². The minimum Gasteiger partial charge on any atom is -0.494 e. The number of carbonyl (C=O) groups is 3. The molecule has 1 aromatic carbocycles. The molecule has 1 atom stereocenters. The van der Waals surface area contributed by atoms with E-state index in [1.807, 2.05) is 6.92 Å². The molecule has 0 heterocycles. The van der Waals surface area contributed by atoms with Gasteiger partial charge in [-0.25, -0.2) is 0 Å². The third-order valence-corrected chi connectivity index (χ3v) is 3.22. The zero-order valence-corrected chi connectivity index (χ0v) is 13.5. The molecule has 1 aromatic rings. The van der Waals surface area contributed by atoms with Gasteiger partial charge in [0.15, 0.2) is 0 Å². The Hall–Kier alpha value is -2.57. The van der Waals surface area contributed by atoms with Crippen molar-refractivity contribution in [3.63, 3.8) is 0 Å². The van der Waals surface area contributed by atoms with Gasteiger partial charge in [-0.3, -0.25) is 14.4 Å². The van der Waals surface area contributed by atoms with Crippen molar-refractivity contribution in [2.75, 3.05) is 26.7 Å². The number of rotatable bonds is 8. The molecule has 1 unspecified atom stereocenters. The monoisotopic (exact) mass is 322 g/mol. The van der Waals surface area contributed by atoms with Crippen LogP contribution in [0, 0.1) is 5.92 Å². The first kappa shape index (κ1) is 18.5. The first-order valence-corrected chi connectivity index (χ1v) is 7.33. The summed E-state index contributed by atoms with van der Waals surface area (Å²) < 4.78 is 5.29. The zero-order chi connectivity index (χ0) is 17.4. The van der Waals surface area contributed by atoms with Crippen molar-refractivity contribution in [3.8, 4) is 5.75 Å². The van der Waals surface area contributed by atoms with E-state index in [1.54, 1.807) is 24.3 Å². The molecule has 0 spiro atoms. The number of carboxylic acids is 1. The summed E-state index contributed by atoms with van der Waals surface area (Å²) in [6.45, 7) is 3.84. The van der Waals surface area contributed by atoms with Gasteiger partial charge in [0.05, 0.1) is 19.1 Å². The lowest BCUT2D eigenvalue weighted by Crippen LogP contribution is -2.40. The minimum atomic E-state index is -0.969. The molecule has 0 fully saturated rings. The van der Waals surface area contributed by atoms with Crippen LogP contribution < -0.4 is 10.1 Å². The number of nitrogens with one attached hydrogen (secondary N) is 1.